The van der Waals surface area contributed by atoms with Gasteiger partial charge in [0.05, 0.1) is 6.61 Å². The molecule has 1 amide bonds. The van der Waals surface area contributed by atoms with Gasteiger partial charge in [0.1, 0.15) is 6.04 Å². The molecule has 2 N–H and O–H groups in total. The van der Waals surface area contributed by atoms with Crippen molar-refractivity contribution in [1.82, 2.24) is 4.90 Å². The third-order valence-corrected chi connectivity index (χ3v) is 3.32. The van der Waals surface area contributed by atoms with Crippen molar-refractivity contribution in [3.63, 3.8) is 0 Å². The van der Waals surface area contributed by atoms with E-state index in [0.717, 1.165) is 6.42 Å². The van der Waals surface area contributed by atoms with Gasteiger partial charge in [-0.05, 0) is 25.8 Å². The highest BCUT2D eigenvalue weighted by Gasteiger charge is 2.21. The highest BCUT2D eigenvalue weighted by atomic mass is 16.5. The van der Waals surface area contributed by atoms with Crippen molar-refractivity contribution in [2.45, 2.75) is 32.4 Å². The van der Waals surface area contributed by atoms with Crippen molar-refractivity contribution in [1.29, 1.82) is 0 Å². The summed E-state index contributed by atoms with van der Waals surface area (Å²) in [5.74, 6) is -0.0820. The minimum Gasteiger partial charge on any atom is -0.383 e. The molecule has 19 heavy (non-hydrogen) atoms. The van der Waals surface area contributed by atoms with Crippen LogP contribution >= 0.6 is 0 Å². The lowest BCUT2D eigenvalue weighted by Crippen LogP contribution is -2.48. The van der Waals surface area contributed by atoms with E-state index < -0.39 is 6.04 Å². The molecule has 2 unspecified atom stereocenters. The van der Waals surface area contributed by atoms with Gasteiger partial charge in [0.15, 0.2) is 0 Å². The van der Waals surface area contributed by atoms with Crippen molar-refractivity contribution in [3.05, 3.63) is 35.4 Å². The predicted molar refractivity (Wildman–Crippen MR) is 77.0 cm³/mol. The summed E-state index contributed by atoms with van der Waals surface area (Å²) in [7, 11) is 3.33. The van der Waals surface area contributed by atoms with Crippen LogP contribution in [-0.2, 0) is 16.0 Å². The molecule has 1 aromatic carbocycles. The molecule has 0 saturated heterocycles. The third-order valence-electron chi connectivity index (χ3n) is 3.32. The first-order valence-electron chi connectivity index (χ1n) is 6.52. The van der Waals surface area contributed by atoms with Gasteiger partial charge < -0.3 is 15.4 Å². The second-order valence-electron chi connectivity index (χ2n) is 5.05. The average molecular weight is 264 g/mol. The van der Waals surface area contributed by atoms with Gasteiger partial charge in [0.2, 0.25) is 5.91 Å². The summed E-state index contributed by atoms with van der Waals surface area (Å²) in [6.45, 7) is 4.34. The van der Waals surface area contributed by atoms with Gasteiger partial charge in [-0.15, -0.1) is 0 Å². The van der Waals surface area contributed by atoms with Crippen molar-refractivity contribution >= 4 is 5.91 Å². The largest absolute Gasteiger partial charge is 0.383 e. The van der Waals surface area contributed by atoms with E-state index in [-0.39, 0.29) is 18.6 Å². The molecule has 0 aromatic heterocycles. The fourth-order valence-corrected chi connectivity index (χ4v) is 1.93. The number of benzene rings is 1. The van der Waals surface area contributed by atoms with Crippen LogP contribution in [0.4, 0.5) is 0 Å². The smallest absolute Gasteiger partial charge is 0.241 e. The molecule has 0 spiro atoms. The van der Waals surface area contributed by atoms with Crippen LogP contribution in [0.15, 0.2) is 24.3 Å². The van der Waals surface area contributed by atoms with E-state index in [2.05, 4.69) is 31.2 Å². The highest BCUT2D eigenvalue weighted by molar-refractivity contribution is 5.81. The Morgan fingerprint density at radius 2 is 1.95 bits per heavy atom. The number of nitrogens with zero attached hydrogens (tertiary/aromatic N) is 1. The topological polar surface area (TPSA) is 55.6 Å². The first-order chi connectivity index (χ1) is 8.95. The number of carbonyl (C=O) groups is 1. The fourth-order valence-electron chi connectivity index (χ4n) is 1.93. The third kappa shape index (κ3) is 4.65. The molecule has 0 saturated carbocycles. The van der Waals surface area contributed by atoms with E-state index in [9.17, 15) is 4.79 Å². The summed E-state index contributed by atoms with van der Waals surface area (Å²) in [6.07, 6.45) is 0.822. The Morgan fingerprint density at radius 3 is 2.47 bits per heavy atom. The van der Waals surface area contributed by atoms with Gasteiger partial charge in [0, 0.05) is 20.2 Å². The minimum atomic E-state index is -0.588. The van der Waals surface area contributed by atoms with E-state index >= 15 is 0 Å². The number of ether oxygens (including phenoxy) is 1. The Kier molecular flexibility index (Phi) is 5.99. The van der Waals surface area contributed by atoms with Gasteiger partial charge in [-0.3, -0.25) is 4.79 Å². The molecule has 4 nitrogen and oxygen atoms in total. The van der Waals surface area contributed by atoms with Crippen LogP contribution in [-0.4, -0.2) is 43.7 Å². The molecule has 0 radical (unpaired) electrons. The molecule has 106 valence electrons. The molecular formula is C15H24N2O2. The van der Waals surface area contributed by atoms with Gasteiger partial charge in [-0.2, -0.15) is 0 Å². The second-order valence-corrected chi connectivity index (χ2v) is 5.05. The summed E-state index contributed by atoms with van der Waals surface area (Å²) in [6, 6.07) is 7.88. The molecule has 2 atom stereocenters. The zero-order valence-corrected chi connectivity index (χ0v) is 12.2. The lowest BCUT2D eigenvalue weighted by Gasteiger charge is -2.27. The summed E-state index contributed by atoms with van der Waals surface area (Å²) < 4.78 is 4.91. The SMILES string of the molecule is COCC(N)C(=O)N(C)C(C)Cc1ccc(C)cc1. The lowest BCUT2D eigenvalue weighted by atomic mass is 10.0. The maximum atomic E-state index is 12.0. The molecule has 0 bridgehead atoms. The lowest BCUT2D eigenvalue weighted by molar-refractivity contribution is -0.134. The molecule has 4 heteroatoms. The van der Waals surface area contributed by atoms with Crippen LogP contribution in [0, 0.1) is 6.92 Å². The van der Waals surface area contributed by atoms with Crippen LogP contribution in [0.2, 0.25) is 0 Å². The summed E-state index contributed by atoms with van der Waals surface area (Å²) in [5.41, 5.74) is 8.22. The number of likely N-dealkylation sites (N-methyl/N-ethyl adjacent to an activating group) is 1. The molecule has 0 aliphatic rings. The minimum absolute atomic E-state index is 0.0820. The standard InChI is InChI=1S/C15H24N2O2/c1-11-5-7-13(8-6-11)9-12(2)17(3)15(18)14(16)10-19-4/h5-8,12,14H,9-10,16H2,1-4H3. The van der Waals surface area contributed by atoms with Crippen LogP contribution in [0.5, 0.6) is 0 Å². The Labute approximate surface area is 115 Å². The Hall–Kier alpha value is -1.39. The van der Waals surface area contributed by atoms with E-state index in [1.165, 1.54) is 11.1 Å². The first kappa shape index (κ1) is 15.7. The maximum absolute atomic E-state index is 12.0. The van der Waals surface area contributed by atoms with Crippen molar-refractivity contribution in [3.8, 4) is 0 Å². The van der Waals surface area contributed by atoms with Gasteiger partial charge >= 0.3 is 0 Å². The van der Waals surface area contributed by atoms with Crippen molar-refractivity contribution < 1.29 is 9.53 Å². The number of rotatable bonds is 6. The highest BCUT2D eigenvalue weighted by Crippen LogP contribution is 2.10. The molecule has 1 rings (SSSR count). The quantitative estimate of drug-likeness (QED) is 0.844. The molecule has 0 fully saturated rings. The van der Waals surface area contributed by atoms with Crippen LogP contribution in [0.25, 0.3) is 0 Å². The molecule has 0 heterocycles. The number of amides is 1. The van der Waals surface area contributed by atoms with E-state index in [1.807, 2.05) is 6.92 Å². The zero-order chi connectivity index (χ0) is 14.4. The van der Waals surface area contributed by atoms with E-state index in [0.29, 0.717) is 0 Å². The summed E-state index contributed by atoms with van der Waals surface area (Å²) >= 11 is 0. The normalized spacial score (nSPS) is 13.9. The number of methoxy groups -OCH3 is 1. The average Bonchev–Trinajstić information content (AvgIpc) is 2.39. The van der Waals surface area contributed by atoms with Gasteiger partial charge in [-0.1, -0.05) is 29.8 Å². The summed E-state index contributed by atoms with van der Waals surface area (Å²) in [4.78, 5) is 13.7. The Balaban J connectivity index is 2.59. The van der Waals surface area contributed by atoms with Crippen molar-refractivity contribution in [2.75, 3.05) is 20.8 Å². The van der Waals surface area contributed by atoms with Crippen LogP contribution in [0.3, 0.4) is 0 Å². The predicted octanol–water partition coefficient (Wildman–Crippen LogP) is 1.36. The monoisotopic (exact) mass is 264 g/mol. The van der Waals surface area contributed by atoms with Gasteiger partial charge in [0.25, 0.3) is 0 Å². The van der Waals surface area contributed by atoms with E-state index in [4.69, 9.17) is 10.5 Å². The van der Waals surface area contributed by atoms with Crippen LogP contribution in [0.1, 0.15) is 18.1 Å². The molecular weight excluding hydrogens is 240 g/mol. The maximum Gasteiger partial charge on any atom is 0.241 e. The zero-order valence-electron chi connectivity index (χ0n) is 12.2. The summed E-state index contributed by atoms with van der Waals surface area (Å²) in [5, 5.41) is 0. The Morgan fingerprint density at radius 1 is 1.37 bits per heavy atom. The number of carbonyl (C=O) groups excluding carboxylic acids is 1. The number of aryl methyl sites for hydroxylation is 1. The number of hydrogen-bond donors (Lipinski definition) is 1. The second kappa shape index (κ2) is 7.26. The fraction of sp³-hybridized carbons (Fsp3) is 0.533. The number of hydrogen-bond acceptors (Lipinski definition) is 3. The molecule has 1 aromatic rings. The van der Waals surface area contributed by atoms with E-state index in [1.54, 1.807) is 19.1 Å². The molecule has 0 aliphatic heterocycles. The first-order valence-corrected chi connectivity index (χ1v) is 6.52. The Bertz CT molecular complexity index is 403. The van der Waals surface area contributed by atoms with Crippen molar-refractivity contribution in [2.24, 2.45) is 5.73 Å². The van der Waals surface area contributed by atoms with Crippen LogP contribution < -0.4 is 5.73 Å². The number of nitrogens with two attached hydrogens (primary N) is 1. The van der Waals surface area contributed by atoms with Gasteiger partial charge in [-0.25, -0.2) is 0 Å². The molecule has 0 aliphatic carbocycles.